The number of nitrogens with zero attached hydrogens (tertiary/aromatic N) is 4. The van der Waals surface area contributed by atoms with Crippen LogP contribution in [-0.4, -0.2) is 36.0 Å². The maximum atomic E-state index is 13.7. The number of hydrogen-bond acceptors (Lipinski definition) is 4. The highest BCUT2D eigenvalue weighted by molar-refractivity contribution is 6.30. The predicted octanol–water partition coefficient (Wildman–Crippen LogP) is 5.95. The molecule has 0 radical (unpaired) electrons. The standard InChI is InChI=1S/C29H27ClF2N6O2/c1-16-10-18-11-21(14-34-27(18)35-16)38-24-5-3-2-4-23(24)37(29(38)40)15-17-6-8-20(9-7-17)36-28(39)22-12-19(30)13-33-25(22)26(31)32/h2-5,10-14,17,20,26H,6-9,15H2,1H3,(H,34,35)(H,36,39)/t17-,20-. The van der Waals surface area contributed by atoms with Gasteiger partial charge >= 0.3 is 5.69 Å². The van der Waals surface area contributed by atoms with Crippen molar-refractivity contribution in [3.05, 3.63) is 87.3 Å². The highest BCUT2D eigenvalue weighted by atomic mass is 35.5. The number of fused-ring (bicyclic) bond motifs is 2. The topological polar surface area (TPSA) is 97.6 Å². The number of aryl methyl sites for hydroxylation is 1. The first-order valence-corrected chi connectivity index (χ1v) is 13.6. The van der Waals surface area contributed by atoms with Crippen LogP contribution in [0.25, 0.3) is 27.8 Å². The molecule has 0 bridgehead atoms. The van der Waals surface area contributed by atoms with Crippen molar-refractivity contribution in [2.24, 2.45) is 5.92 Å². The lowest BCUT2D eigenvalue weighted by Gasteiger charge is -2.29. The van der Waals surface area contributed by atoms with E-state index in [9.17, 15) is 18.4 Å². The normalized spacial score (nSPS) is 17.6. The SMILES string of the molecule is Cc1cc2cc(-n3c(=O)n(C[C@H]4CC[C@H](NC(=O)c5cc(Cl)cnc5C(F)F)CC4)c4ccccc43)cnc2[nH]1. The number of rotatable bonds is 6. The first kappa shape index (κ1) is 26.2. The summed E-state index contributed by atoms with van der Waals surface area (Å²) in [5.74, 6) is -0.376. The first-order chi connectivity index (χ1) is 19.3. The summed E-state index contributed by atoms with van der Waals surface area (Å²) < 4.78 is 30.2. The van der Waals surface area contributed by atoms with Crippen LogP contribution in [0.2, 0.25) is 5.02 Å². The molecule has 1 aromatic carbocycles. The maximum absolute atomic E-state index is 13.7. The van der Waals surface area contributed by atoms with Crippen LogP contribution in [0.5, 0.6) is 0 Å². The molecule has 11 heteroatoms. The van der Waals surface area contributed by atoms with Gasteiger partial charge in [0, 0.05) is 29.9 Å². The van der Waals surface area contributed by atoms with Crippen LogP contribution in [0.3, 0.4) is 0 Å². The zero-order valence-corrected chi connectivity index (χ0v) is 22.5. The molecule has 8 nitrogen and oxygen atoms in total. The number of benzene rings is 1. The van der Waals surface area contributed by atoms with Gasteiger partial charge in [0.05, 0.1) is 33.5 Å². The number of aromatic nitrogens is 5. The molecule has 206 valence electrons. The second-order valence-corrected chi connectivity index (χ2v) is 10.8. The Morgan fingerprint density at radius 2 is 1.85 bits per heavy atom. The molecule has 1 amide bonds. The minimum Gasteiger partial charge on any atom is -0.349 e. The lowest BCUT2D eigenvalue weighted by Crippen LogP contribution is -2.39. The number of nitrogens with one attached hydrogen (secondary N) is 2. The van der Waals surface area contributed by atoms with Gasteiger partial charge < -0.3 is 10.3 Å². The molecule has 1 fully saturated rings. The maximum Gasteiger partial charge on any atom is 0.333 e. The minimum absolute atomic E-state index is 0.127. The van der Waals surface area contributed by atoms with E-state index in [1.165, 1.54) is 6.07 Å². The van der Waals surface area contributed by atoms with E-state index in [-0.39, 0.29) is 28.2 Å². The molecule has 1 saturated carbocycles. The van der Waals surface area contributed by atoms with Crippen molar-refractivity contribution < 1.29 is 13.6 Å². The number of H-pyrrole nitrogens is 1. The number of hydrogen-bond donors (Lipinski definition) is 2. The smallest absolute Gasteiger partial charge is 0.333 e. The summed E-state index contributed by atoms with van der Waals surface area (Å²) in [4.78, 5) is 37.9. The van der Waals surface area contributed by atoms with Crippen LogP contribution in [0.1, 0.15) is 53.9 Å². The zero-order valence-electron chi connectivity index (χ0n) is 21.7. The summed E-state index contributed by atoms with van der Waals surface area (Å²) in [5, 5.41) is 3.94. The Hall–Kier alpha value is -4.05. The molecular formula is C29H27ClF2N6O2. The van der Waals surface area contributed by atoms with Crippen LogP contribution in [0.4, 0.5) is 8.78 Å². The lowest BCUT2D eigenvalue weighted by molar-refractivity contribution is 0.0904. The van der Waals surface area contributed by atoms with Crippen LogP contribution < -0.4 is 11.0 Å². The first-order valence-electron chi connectivity index (χ1n) is 13.2. The van der Waals surface area contributed by atoms with Crippen LogP contribution in [-0.2, 0) is 6.54 Å². The van der Waals surface area contributed by atoms with E-state index in [0.717, 1.165) is 46.8 Å². The van der Waals surface area contributed by atoms with Crippen molar-refractivity contribution in [2.45, 2.75) is 51.6 Å². The van der Waals surface area contributed by atoms with Gasteiger partial charge in [-0.2, -0.15) is 0 Å². The fraction of sp³-hybridized carbons (Fsp3) is 0.310. The number of imidazole rings is 1. The number of carbonyl (C=O) groups excluding carboxylic acids is 1. The summed E-state index contributed by atoms with van der Waals surface area (Å²) in [6, 6.07) is 12.8. The van der Waals surface area contributed by atoms with E-state index in [1.54, 1.807) is 10.8 Å². The quantitative estimate of drug-likeness (QED) is 0.266. The molecule has 6 rings (SSSR count). The van der Waals surface area contributed by atoms with Gasteiger partial charge in [-0.05, 0) is 68.9 Å². The minimum atomic E-state index is -2.88. The Morgan fingerprint density at radius 3 is 2.60 bits per heavy atom. The van der Waals surface area contributed by atoms with Gasteiger partial charge in [0.25, 0.3) is 12.3 Å². The molecule has 5 aromatic rings. The Labute approximate surface area is 233 Å². The largest absolute Gasteiger partial charge is 0.349 e. The molecular weight excluding hydrogens is 538 g/mol. The number of aromatic amines is 1. The number of amides is 1. The summed E-state index contributed by atoms with van der Waals surface area (Å²) in [7, 11) is 0. The number of para-hydroxylation sites is 2. The van der Waals surface area contributed by atoms with E-state index >= 15 is 0 Å². The lowest BCUT2D eigenvalue weighted by atomic mass is 9.85. The van der Waals surface area contributed by atoms with Gasteiger partial charge in [-0.3, -0.25) is 18.9 Å². The fourth-order valence-corrected chi connectivity index (χ4v) is 5.87. The van der Waals surface area contributed by atoms with E-state index in [2.05, 4.69) is 20.3 Å². The summed E-state index contributed by atoms with van der Waals surface area (Å²) >= 11 is 5.90. The van der Waals surface area contributed by atoms with Crippen molar-refractivity contribution in [1.82, 2.24) is 29.4 Å². The van der Waals surface area contributed by atoms with E-state index in [4.69, 9.17) is 11.6 Å². The highest BCUT2D eigenvalue weighted by Gasteiger charge is 2.27. The Bertz CT molecular complexity index is 1780. The molecule has 0 unspecified atom stereocenters. The molecule has 1 aliphatic rings. The molecule has 40 heavy (non-hydrogen) atoms. The second kappa shape index (κ2) is 10.5. The number of carbonyl (C=O) groups is 1. The van der Waals surface area contributed by atoms with Crippen molar-refractivity contribution in [1.29, 1.82) is 0 Å². The van der Waals surface area contributed by atoms with Crippen LogP contribution >= 0.6 is 11.6 Å². The zero-order chi connectivity index (χ0) is 28.0. The van der Waals surface area contributed by atoms with E-state index in [0.29, 0.717) is 25.1 Å². The monoisotopic (exact) mass is 564 g/mol. The molecule has 0 atom stereocenters. The molecule has 4 aromatic heterocycles. The fourth-order valence-electron chi connectivity index (χ4n) is 5.71. The summed E-state index contributed by atoms with van der Waals surface area (Å²) in [6.45, 7) is 2.51. The molecule has 0 aliphatic heterocycles. The van der Waals surface area contributed by atoms with Gasteiger partial charge in [-0.15, -0.1) is 0 Å². The molecule has 0 spiro atoms. The van der Waals surface area contributed by atoms with Crippen molar-refractivity contribution in [2.75, 3.05) is 0 Å². The highest BCUT2D eigenvalue weighted by Crippen LogP contribution is 2.29. The van der Waals surface area contributed by atoms with Gasteiger partial charge in [-0.1, -0.05) is 23.7 Å². The Balaban J connectivity index is 1.19. The van der Waals surface area contributed by atoms with Crippen molar-refractivity contribution >= 4 is 39.6 Å². The van der Waals surface area contributed by atoms with Gasteiger partial charge in [0.2, 0.25) is 0 Å². The van der Waals surface area contributed by atoms with Gasteiger partial charge in [0.15, 0.2) is 0 Å². The second-order valence-electron chi connectivity index (χ2n) is 10.4. The molecule has 4 heterocycles. The van der Waals surface area contributed by atoms with Gasteiger partial charge in [-0.25, -0.2) is 18.6 Å². The number of halogens is 3. The number of alkyl halides is 2. The van der Waals surface area contributed by atoms with Crippen molar-refractivity contribution in [3.63, 3.8) is 0 Å². The molecule has 2 N–H and O–H groups in total. The van der Waals surface area contributed by atoms with Crippen LogP contribution in [0, 0.1) is 12.8 Å². The average molecular weight is 565 g/mol. The Morgan fingerprint density at radius 1 is 1.10 bits per heavy atom. The third-order valence-electron chi connectivity index (χ3n) is 7.64. The average Bonchev–Trinajstić information content (AvgIpc) is 3.44. The summed E-state index contributed by atoms with van der Waals surface area (Å²) in [5.41, 5.74) is 3.24. The Kier molecular flexibility index (Phi) is 6.87. The summed E-state index contributed by atoms with van der Waals surface area (Å²) in [6.07, 6.45) is 2.86. The van der Waals surface area contributed by atoms with Crippen LogP contribution in [0.15, 0.2) is 59.7 Å². The molecule has 0 saturated heterocycles. The van der Waals surface area contributed by atoms with E-state index < -0.39 is 18.0 Å². The van der Waals surface area contributed by atoms with Crippen molar-refractivity contribution in [3.8, 4) is 5.69 Å². The number of pyridine rings is 2. The third kappa shape index (κ3) is 4.88. The van der Waals surface area contributed by atoms with Gasteiger partial charge in [0.1, 0.15) is 11.3 Å². The van der Waals surface area contributed by atoms with E-state index in [1.807, 2.05) is 47.9 Å². The predicted molar refractivity (Wildman–Crippen MR) is 149 cm³/mol. The molecule has 1 aliphatic carbocycles. The third-order valence-corrected chi connectivity index (χ3v) is 7.85.